The van der Waals surface area contributed by atoms with E-state index in [0.29, 0.717) is 11.5 Å². The van der Waals surface area contributed by atoms with Crippen LogP contribution in [0.4, 0.5) is 18.9 Å². The molecule has 0 bridgehead atoms. The molecule has 0 unspecified atom stereocenters. The number of hydrogen-bond acceptors (Lipinski definition) is 3. The summed E-state index contributed by atoms with van der Waals surface area (Å²) in [7, 11) is 0. The first-order chi connectivity index (χ1) is 9.36. The number of halogens is 4. The topological polar surface area (TPSA) is 37.8 Å². The van der Waals surface area contributed by atoms with Gasteiger partial charge in [-0.1, -0.05) is 11.6 Å². The Morgan fingerprint density at radius 3 is 2.65 bits per heavy atom. The van der Waals surface area contributed by atoms with Gasteiger partial charge in [-0.15, -0.1) is 0 Å². The maximum atomic E-state index is 12.9. The number of benzene rings is 1. The molecule has 0 spiro atoms. The molecule has 1 heterocycles. The monoisotopic (exact) mass is 301 g/mol. The Bertz CT molecular complexity index is 614. The molecule has 20 heavy (non-hydrogen) atoms. The highest BCUT2D eigenvalue weighted by Crippen LogP contribution is 2.36. The average molecular weight is 302 g/mol. The van der Waals surface area contributed by atoms with E-state index in [1.165, 1.54) is 12.1 Å². The smallest absolute Gasteiger partial charge is 0.379 e. The lowest BCUT2D eigenvalue weighted by atomic mass is 10.1. The zero-order valence-corrected chi connectivity index (χ0v) is 11.3. The molecule has 0 aliphatic rings. The molecule has 0 radical (unpaired) electrons. The number of nitrogens with one attached hydrogen (secondary N) is 1. The quantitative estimate of drug-likeness (QED) is 0.928. The van der Waals surface area contributed by atoms with Gasteiger partial charge in [0, 0.05) is 16.9 Å². The van der Waals surface area contributed by atoms with Crippen LogP contribution in [0.2, 0.25) is 5.02 Å². The van der Waals surface area contributed by atoms with Crippen LogP contribution in [0.1, 0.15) is 17.1 Å². The molecule has 1 aromatic carbocycles. The molecule has 3 nitrogen and oxygen atoms in total. The fourth-order valence-corrected chi connectivity index (χ4v) is 1.87. The van der Waals surface area contributed by atoms with Crippen molar-refractivity contribution >= 4 is 17.3 Å². The summed E-state index contributed by atoms with van der Waals surface area (Å²) in [5.41, 5.74) is -0.213. The third-order valence-electron chi connectivity index (χ3n) is 2.58. The second-order valence-electron chi connectivity index (χ2n) is 4.14. The third kappa shape index (κ3) is 3.60. The van der Waals surface area contributed by atoms with Gasteiger partial charge in [-0.05, 0) is 31.2 Å². The molecule has 7 heteroatoms. The van der Waals surface area contributed by atoms with Crippen molar-refractivity contribution in [3.63, 3.8) is 0 Å². The van der Waals surface area contributed by atoms with Crippen LogP contribution in [-0.4, -0.2) is 9.97 Å². The molecule has 2 aromatic rings. The summed E-state index contributed by atoms with van der Waals surface area (Å²) in [6.07, 6.45) is -2.90. The van der Waals surface area contributed by atoms with Gasteiger partial charge in [-0.25, -0.2) is 9.97 Å². The molecule has 1 aromatic heterocycles. The van der Waals surface area contributed by atoms with Crippen molar-refractivity contribution in [2.24, 2.45) is 0 Å². The molecule has 0 amide bonds. The van der Waals surface area contributed by atoms with Crippen molar-refractivity contribution in [3.05, 3.63) is 52.6 Å². The van der Waals surface area contributed by atoms with E-state index in [1.807, 2.05) is 0 Å². The van der Waals surface area contributed by atoms with Gasteiger partial charge >= 0.3 is 6.18 Å². The maximum absolute atomic E-state index is 12.9. The Kier molecular flexibility index (Phi) is 4.13. The van der Waals surface area contributed by atoms with Crippen LogP contribution < -0.4 is 5.32 Å². The van der Waals surface area contributed by atoms with Gasteiger partial charge in [0.25, 0.3) is 0 Å². The summed E-state index contributed by atoms with van der Waals surface area (Å²) < 4.78 is 38.7. The van der Waals surface area contributed by atoms with Crippen LogP contribution in [0.25, 0.3) is 0 Å². The average Bonchev–Trinajstić information content (AvgIpc) is 2.36. The van der Waals surface area contributed by atoms with Crippen LogP contribution in [0.15, 0.2) is 30.5 Å². The zero-order valence-electron chi connectivity index (χ0n) is 10.5. The minimum Gasteiger partial charge on any atom is -0.379 e. The Morgan fingerprint density at radius 1 is 1.25 bits per heavy atom. The molecule has 0 fully saturated rings. The Morgan fingerprint density at radius 2 is 2.00 bits per heavy atom. The molecule has 0 saturated carbocycles. The van der Waals surface area contributed by atoms with Gasteiger partial charge in [0.15, 0.2) is 0 Å². The van der Waals surface area contributed by atoms with Crippen molar-refractivity contribution in [2.45, 2.75) is 19.6 Å². The maximum Gasteiger partial charge on any atom is 0.418 e. The van der Waals surface area contributed by atoms with Crippen LogP contribution in [0.5, 0.6) is 0 Å². The molecule has 1 N–H and O–H groups in total. The molecule has 0 aliphatic carbocycles. The zero-order chi connectivity index (χ0) is 14.8. The number of rotatable bonds is 3. The lowest BCUT2D eigenvalue weighted by Crippen LogP contribution is -2.11. The molecule has 0 aliphatic heterocycles. The molecular weight excluding hydrogens is 291 g/mol. The number of alkyl halides is 3. The summed E-state index contributed by atoms with van der Waals surface area (Å²) >= 11 is 5.61. The first-order valence-corrected chi connectivity index (χ1v) is 6.13. The van der Waals surface area contributed by atoms with Gasteiger partial charge in [0.1, 0.15) is 5.82 Å². The molecule has 0 atom stereocenters. The van der Waals surface area contributed by atoms with Crippen molar-refractivity contribution in [1.29, 1.82) is 0 Å². The lowest BCUT2D eigenvalue weighted by Gasteiger charge is -2.14. The Hall–Kier alpha value is -1.82. The van der Waals surface area contributed by atoms with E-state index in [9.17, 15) is 13.2 Å². The lowest BCUT2D eigenvalue weighted by molar-refractivity contribution is -0.136. The Balaban J connectivity index is 2.21. The first kappa shape index (κ1) is 14.6. The highest BCUT2D eigenvalue weighted by atomic mass is 35.5. The highest BCUT2D eigenvalue weighted by Gasteiger charge is 2.33. The van der Waals surface area contributed by atoms with Crippen LogP contribution in [0, 0.1) is 6.92 Å². The van der Waals surface area contributed by atoms with Crippen molar-refractivity contribution in [1.82, 2.24) is 9.97 Å². The van der Waals surface area contributed by atoms with Gasteiger partial charge in [-0.2, -0.15) is 13.2 Å². The number of aromatic nitrogens is 2. The Labute approximate surface area is 118 Å². The summed E-state index contributed by atoms with van der Waals surface area (Å²) in [5, 5.41) is 2.76. The van der Waals surface area contributed by atoms with E-state index in [1.54, 1.807) is 19.2 Å². The second-order valence-corrected chi connectivity index (χ2v) is 4.57. The van der Waals surface area contributed by atoms with E-state index in [2.05, 4.69) is 15.3 Å². The van der Waals surface area contributed by atoms with Gasteiger partial charge in [-0.3, -0.25) is 0 Å². The van der Waals surface area contributed by atoms with Crippen LogP contribution in [0.3, 0.4) is 0 Å². The van der Waals surface area contributed by atoms with E-state index in [0.717, 1.165) is 6.07 Å². The summed E-state index contributed by atoms with van der Waals surface area (Å²) in [6, 6.07) is 5.25. The molecule has 106 valence electrons. The third-order valence-corrected chi connectivity index (χ3v) is 2.82. The minimum absolute atomic E-state index is 0.0295. The van der Waals surface area contributed by atoms with E-state index in [4.69, 9.17) is 11.6 Å². The summed E-state index contributed by atoms with van der Waals surface area (Å²) in [6.45, 7) is 1.89. The predicted molar refractivity (Wildman–Crippen MR) is 70.5 cm³/mol. The minimum atomic E-state index is -4.46. The van der Waals surface area contributed by atoms with Crippen LogP contribution >= 0.6 is 11.6 Å². The van der Waals surface area contributed by atoms with Crippen molar-refractivity contribution in [2.75, 3.05) is 5.32 Å². The molecule has 0 saturated heterocycles. The van der Waals surface area contributed by atoms with E-state index < -0.39 is 11.7 Å². The number of hydrogen-bond donors (Lipinski definition) is 1. The number of nitrogens with zero attached hydrogens (tertiary/aromatic N) is 2. The predicted octanol–water partition coefficient (Wildman–Crippen LogP) is 4.07. The molecule has 2 rings (SSSR count). The van der Waals surface area contributed by atoms with Crippen molar-refractivity contribution in [3.8, 4) is 0 Å². The van der Waals surface area contributed by atoms with E-state index in [-0.39, 0.29) is 17.3 Å². The number of anilines is 1. The summed E-state index contributed by atoms with van der Waals surface area (Å²) in [4.78, 5) is 8.04. The normalized spacial score (nSPS) is 11.4. The first-order valence-electron chi connectivity index (χ1n) is 5.75. The van der Waals surface area contributed by atoms with E-state index >= 15 is 0 Å². The highest BCUT2D eigenvalue weighted by molar-refractivity contribution is 6.30. The fraction of sp³-hybridized carbons (Fsp3) is 0.231. The van der Waals surface area contributed by atoms with Gasteiger partial charge in [0.05, 0.1) is 17.8 Å². The fourth-order valence-electron chi connectivity index (χ4n) is 1.69. The second kappa shape index (κ2) is 5.66. The number of aryl methyl sites for hydroxylation is 1. The van der Waals surface area contributed by atoms with Gasteiger partial charge < -0.3 is 5.32 Å². The largest absolute Gasteiger partial charge is 0.418 e. The standard InChI is InChI=1S/C13H11ClF3N3/c1-8-18-5-4-10(20-8)7-19-12-3-2-9(14)6-11(12)13(15,16)17/h2-6,19H,7H2,1H3. The van der Waals surface area contributed by atoms with Gasteiger partial charge in [0.2, 0.25) is 0 Å². The SMILES string of the molecule is Cc1nccc(CNc2ccc(Cl)cc2C(F)(F)F)n1. The van der Waals surface area contributed by atoms with Crippen LogP contribution in [-0.2, 0) is 12.7 Å². The molecular formula is C13H11ClF3N3. The summed E-state index contributed by atoms with van der Waals surface area (Å²) in [5.74, 6) is 0.566. The van der Waals surface area contributed by atoms with Crippen molar-refractivity contribution < 1.29 is 13.2 Å².